The standard InChI is InChI=1S/C24H23ClF3N5OS/c1-13-14(2)35-21(19(13)20(29)16-6-8-17(25)9-7-16)33(22(30)24(26,27)28)23(31)32-12-15-4-10-18(34-3)11-5-15/h4-11,29-30H,12H2,1-3H3,(H2,31,32). The number of guanidine groups is 1. The average molecular weight is 522 g/mol. The molecule has 0 saturated heterocycles. The molecule has 0 radical (unpaired) electrons. The number of halogens is 4. The van der Waals surface area contributed by atoms with Crippen LogP contribution in [0.5, 0.6) is 5.75 Å². The third-order valence-electron chi connectivity index (χ3n) is 5.26. The SMILES string of the molecule is COc1ccc(CN=C(N)N(C(=N)C(F)(F)F)c2sc(C)c(C)c2C(=N)c2ccc(Cl)cc2)cc1. The number of hydrogen-bond donors (Lipinski definition) is 3. The summed E-state index contributed by atoms with van der Waals surface area (Å²) in [7, 11) is 1.52. The van der Waals surface area contributed by atoms with Crippen LogP contribution in [0.1, 0.15) is 27.1 Å². The number of ether oxygens (including phenoxy) is 1. The normalized spacial score (nSPS) is 11.9. The van der Waals surface area contributed by atoms with E-state index in [9.17, 15) is 13.2 Å². The largest absolute Gasteiger partial charge is 0.497 e. The number of aryl methyl sites for hydroxylation is 1. The minimum absolute atomic E-state index is 0.00161. The van der Waals surface area contributed by atoms with E-state index >= 15 is 0 Å². The molecular weight excluding hydrogens is 499 g/mol. The average Bonchev–Trinajstić information content (AvgIpc) is 3.11. The Morgan fingerprint density at radius 1 is 1.09 bits per heavy atom. The number of amidine groups is 1. The topological polar surface area (TPSA) is 98.6 Å². The third-order valence-corrected chi connectivity index (χ3v) is 6.70. The Hall–Kier alpha value is -3.37. The zero-order valence-electron chi connectivity index (χ0n) is 19.1. The minimum Gasteiger partial charge on any atom is -0.497 e. The van der Waals surface area contributed by atoms with Crippen LogP contribution < -0.4 is 15.4 Å². The van der Waals surface area contributed by atoms with Gasteiger partial charge in [0.15, 0.2) is 0 Å². The summed E-state index contributed by atoms with van der Waals surface area (Å²) in [5, 5.41) is 17.1. The number of nitrogens with zero attached hydrogens (tertiary/aromatic N) is 2. The van der Waals surface area contributed by atoms with Crippen LogP contribution >= 0.6 is 22.9 Å². The van der Waals surface area contributed by atoms with Crippen LogP contribution in [0.3, 0.4) is 0 Å². The maximum atomic E-state index is 13.7. The molecular formula is C24H23ClF3N5OS. The van der Waals surface area contributed by atoms with Gasteiger partial charge in [-0.3, -0.25) is 15.7 Å². The summed E-state index contributed by atoms with van der Waals surface area (Å²) in [5.74, 6) is -1.57. The van der Waals surface area contributed by atoms with E-state index < -0.39 is 18.0 Å². The molecule has 184 valence electrons. The van der Waals surface area contributed by atoms with Crippen molar-refractivity contribution >= 4 is 45.4 Å². The van der Waals surface area contributed by atoms with Gasteiger partial charge in [-0.15, -0.1) is 11.3 Å². The van der Waals surface area contributed by atoms with Crippen LogP contribution in [0.15, 0.2) is 53.5 Å². The minimum atomic E-state index is -4.99. The van der Waals surface area contributed by atoms with E-state index in [1.165, 1.54) is 7.11 Å². The fraction of sp³-hybridized carbons (Fsp3) is 0.208. The Labute approximate surface area is 209 Å². The Morgan fingerprint density at radius 3 is 2.23 bits per heavy atom. The van der Waals surface area contributed by atoms with Gasteiger partial charge in [0.25, 0.3) is 0 Å². The van der Waals surface area contributed by atoms with Crippen molar-refractivity contribution < 1.29 is 17.9 Å². The molecule has 0 atom stereocenters. The fourth-order valence-corrected chi connectivity index (χ4v) is 4.55. The third kappa shape index (κ3) is 5.83. The predicted molar refractivity (Wildman–Crippen MR) is 136 cm³/mol. The molecule has 2 aromatic carbocycles. The lowest BCUT2D eigenvalue weighted by Crippen LogP contribution is -2.48. The number of hydrogen-bond acceptors (Lipinski definition) is 5. The van der Waals surface area contributed by atoms with E-state index in [-0.39, 0.29) is 22.8 Å². The summed E-state index contributed by atoms with van der Waals surface area (Å²) in [6.07, 6.45) is -4.99. The smallest absolute Gasteiger partial charge is 0.449 e. The highest BCUT2D eigenvalue weighted by molar-refractivity contribution is 7.17. The summed E-state index contributed by atoms with van der Waals surface area (Å²) in [5.41, 5.74) is 8.07. The Kier molecular flexibility index (Phi) is 7.86. The number of nitrogens with one attached hydrogen (secondary N) is 2. The number of thiophene rings is 1. The Morgan fingerprint density at radius 2 is 1.69 bits per heavy atom. The van der Waals surface area contributed by atoms with Crippen LogP contribution in [0, 0.1) is 24.7 Å². The second kappa shape index (κ2) is 10.5. The van der Waals surface area contributed by atoms with Crippen molar-refractivity contribution in [3.05, 3.63) is 80.7 Å². The molecule has 0 fully saturated rings. The van der Waals surface area contributed by atoms with Crippen molar-refractivity contribution in [1.82, 2.24) is 0 Å². The lowest BCUT2D eigenvalue weighted by molar-refractivity contribution is -0.0603. The molecule has 6 nitrogen and oxygen atoms in total. The highest BCUT2D eigenvalue weighted by atomic mass is 35.5. The van der Waals surface area contributed by atoms with E-state index in [0.29, 0.717) is 37.2 Å². The van der Waals surface area contributed by atoms with Crippen LogP contribution in [0.25, 0.3) is 0 Å². The molecule has 3 aromatic rings. The van der Waals surface area contributed by atoms with Gasteiger partial charge in [-0.25, -0.2) is 4.99 Å². The summed E-state index contributed by atoms with van der Waals surface area (Å²) < 4.78 is 46.3. The van der Waals surface area contributed by atoms with E-state index in [1.54, 1.807) is 62.4 Å². The number of alkyl halides is 3. The maximum Gasteiger partial charge on any atom is 0.449 e. The molecule has 1 aromatic heterocycles. The molecule has 0 spiro atoms. The van der Waals surface area contributed by atoms with Crippen LogP contribution in [-0.4, -0.2) is 30.8 Å². The molecule has 0 aliphatic heterocycles. The lowest BCUT2D eigenvalue weighted by Gasteiger charge is -2.25. The molecule has 0 amide bonds. The summed E-state index contributed by atoms with van der Waals surface area (Å²) >= 11 is 6.96. The van der Waals surface area contributed by atoms with Crippen LogP contribution in [0.4, 0.5) is 18.2 Å². The van der Waals surface area contributed by atoms with Gasteiger partial charge in [-0.05, 0) is 49.2 Å². The van der Waals surface area contributed by atoms with Gasteiger partial charge >= 0.3 is 6.18 Å². The second-order valence-electron chi connectivity index (χ2n) is 7.55. The van der Waals surface area contributed by atoms with Crippen molar-refractivity contribution in [2.75, 3.05) is 12.0 Å². The molecule has 0 aliphatic carbocycles. The summed E-state index contributed by atoms with van der Waals surface area (Å²) in [6, 6.07) is 13.3. The first-order valence-electron chi connectivity index (χ1n) is 10.3. The van der Waals surface area contributed by atoms with E-state index in [0.717, 1.165) is 11.3 Å². The maximum absolute atomic E-state index is 13.7. The quantitative estimate of drug-likeness (QED) is 0.262. The van der Waals surface area contributed by atoms with Gasteiger partial charge in [0.2, 0.25) is 11.8 Å². The van der Waals surface area contributed by atoms with Gasteiger partial charge in [-0.2, -0.15) is 13.2 Å². The predicted octanol–water partition coefficient (Wildman–Crippen LogP) is 6.30. The lowest BCUT2D eigenvalue weighted by atomic mass is 10.00. The van der Waals surface area contributed by atoms with Gasteiger partial charge < -0.3 is 10.5 Å². The number of benzene rings is 2. The molecule has 1 heterocycles. The van der Waals surface area contributed by atoms with Crippen LogP contribution in [0.2, 0.25) is 5.02 Å². The van der Waals surface area contributed by atoms with Gasteiger partial charge in [-0.1, -0.05) is 35.9 Å². The highest BCUT2D eigenvalue weighted by Crippen LogP contribution is 2.39. The molecule has 3 rings (SSSR count). The highest BCUT2D eigenvalue weighted by Gasteiger charge is 2.42. The number of rotatable bonds is 6. The molecule has 0 bridgehead atoms. The number of anilines is 1. The van der Waals surface area contributed by atoms with Crippen molar-refractivity contribution in [1.29, 1.82) is 10.8 Å². The number of aliphatic imine (C=N–C) groups is 1. The van der Waals surface area contributed by atoms with Gasteiger partial charge in [0.1, 0.15) is 10.8 Å². The monoisotopic (exact) mass is 521 g/mol. The molecule has 0 unspecified atom stereocenters. The first-order chi connectivity index (χ1) is 16.4. The molecule has 0 saturated carbocycles. The summed E-state index contributed by atoms with van der Waals surface area (Å²) in [4.78, 5) is 5.40. The molecule has 4 N–H and O–H groups in total. The Balaban J connectivity index is 2.09. The van der Waals surface area contributed by atoms with Crippen molar-refractivity contribution in [3.8, 4) is 5.75 Å². The van der Waals surface area contributed by atoms with E-state index in [2.05, 4.69) is 4.99 Å². The van der Waals surface area contributed by atoms with Crippen LogP contribution in [-0.2, 0) is 6.54 Å². The number of nitrogens with two attached hydrogens (primary N) is 1. The number of methoxy groups -OCH3 is 1. The molecule has 0 aliphatic rings. The Bertz CT molecular complexity index is 1270. The van der Waals surface area contributed by atoms with Gasteiger partial charge in [0, 0.05) is 21.0 Å². The van der Waals surface area contributed by atoms with E-state index in [1.807, 2.05) is 0 Å². The zero-order chi connectivity index (χ0) is 25.9. The van der Waals surface area contributed by atoms with E-state index in [4.69, 9.17) is 32.9 Å². The summed E-state index contributed by atoms with van der Waals surface area (Å²) in [6.45, 7) is 3.45. The van der Waals surface area contributed by atoms with Crippen molar-refractivity contribution in [2.45, 2.75) is 26.6 Å². The fourth-order valence-electron chi connectivity index (χ4n) is 3.24. The first-order valence-corrected chi connectivity index (χ1v) is 11.5. The molecule has 11 heteroatoms. The second-order valence-corrected chi connectivity index (χ2v) is 9.19. The van der Waals surface area contributed by atoms with Crippen molar-refractivity contribution in [3.63, 3.8) is 0 Å². The molecule has 35 heavy (non-hydrogen) atoms. The first kappa shape index (κ1) is 26.2. The van der Waals surface area contributed by atoms with Crippen molar-refractivity contribution in [2.24, 2.45) is 10.7 Å². The van der Waals surface area contributed by atoms with Gasteiger partial charge in [0.05, 0.1) is 19.4 Å². The zero-order valence-corrected chi connectivity index (χ0v) is 20.7.